The largest absolute Gasteiger partial charge is 0.478 e. The number of cyclic esters (lactones) is 1. The van der Waals surface area contributed by atoms with E-state index in [1.807, 2.05) is 0 Å². The van der Waals surface area contributed by atoms with Gasteiger partial charge >= 0.3 is 17.9 Å². The first kappa shape index (κ1) is 15.9. The molecule has 0 bridgehead atoms. The van der Waals surface area contributed by atoms with Crippen LogP contribution in [-0.4, -0.2) is 34.7 Å². The molecule has 2 unspecified atom stereocenters. The summed E-state index contributed by atoms with van der Waals surface area (Å²) >= 11 is 0. The Morgan fingerprint density at radius 3 is 2.40 bits per heavy atom. The minimum Gasteiger partial charge on any atom is -0.478 e. The maximum atomic E-state index is 11.8. The van der Waals surface area contributed by atoms with E-state index in [1.165, 1.54) is 6.92 Å². The van der Waals surface area contributed by atoms with Crippen molar-refractivity contribution in [3.63, 3.8) is 0 Å². The number of carbonyl (C=O) groups is 3. The van der Waals surface area contributed by atoms with Crippen LogP contribution in [0.2, 0.25) is 0 Å². The highest BCUT2D eigenvalue weighted by molar-refractivity contribution is 5.89. The van der Waals surface area contributed by atoms with E-state index < -0.39 is 35.5 Å². The first-order valence-corrected chi connectivity index (χ1v) is 6.06. The van der Waals surface area contributed by atoms with Crippen LogP contribution in [0.3, 0.4) is 0 Å². The van der Waals surface area contributed by atoms with Gasteiger partial charge in [0.1, 0.15) is 11.5 Å². The normalized spacial score (nSPS) is 23.9. The maximum absolute atomic E-state index is 11.8. The zero-order chi connectivity index (χ0) is 15.7. The molecule has 1 aliphatic heterocycles. The molecule has 6 nitrogen and oxygen atoms in total. The number of ether oxygens (including phenoxy) is 2. The lowest BCUT2D eigenvalue weighted by Gasteiger charge is -2.26. The number of hydrogen-bond donors (Lipinski definition) is 1. The van der Waals surface area contributed by atoms with Crippen LogP contribution in [0.4, 0.5) is 0 Å². The molecule has 1 saturated heterocycles. The number of rotatable bonds is 5. The Balaban J connectivity index is 2.97. The van der Waals surface area contributed by atoms with E-state index in [4.69, 9.17) is 14.6 Å². The highest BCUT2D eigenvalue weighted by Crippen LogP contribution is 2.37. The van der Waals surface area contributed by atoms with Crippen LogP contribution in [0.25, 0.3) is 0 Å². The van der Waals surface area contributed by atoms with Crippen molar-refractivity contribution in [1.82, 2.24) is 0 Å². The number of carboxylic acids is 1. The first-order chi connectivity index (χ1) is 9.06. The van der Waals surface area contributed by atoms with Gasteiger partial charge in [-0.1, -0.05) is 13.2 Å². The fraction of sp³-hybridized carbons (Fsp3) is 0.500. The summed E-state index contributed by atoms with van der Waals surface area (Å²) in [6, 6.07) is 0. The first-order valence-electron chi connectivity index (χ1n) is 6.06. The SMILES string of the molecule is C=C(C)C(=O)OC1C(CC(=C)C(=O)O)C(=O)OC1(C)C. The lowest BCUT2D eigenvalue weighted by atomic mass is 9.88. The second-order valence-corrected chi connectivity index (χ2v) is 5.35. The predicted octanol–water partition coefficient (Wildman–Crippen LogP) is 1.46. The number of hydrogen-bond acceptors (Lipinski definition) is 5. The van der Waals surface area contributed by atoms with Crippen LogP contribution in [0.15, 0.2) is 24.3 Å². The quantitative estimate of drug-likeness (QED) is 0.606. The smallest absolute Gasteiger partial charge is 0.333 e. The lowest BCUT2D eigenvalue weighted by Crippen LogP contribution is -2.40. The van der Waals surface area contributed by atoms with Gasteiger partial charge in [-0.3, -0.25) is 4.79 Å². The van der Waals surface area contributed by atoms with E-state index >= 15 is 0 Å². The van der Waals surface area contributed by atoms with Gasteiger partial charge in [0.15, 0.2) is 6.10 Å². The van der Waals surface area contributed by atoms with Gasteiger partial charge in [0.25, 0.3) is 0 Å². The summed E-state index contributed by atoms with van der Waals surface area (Å²) in [6.45, 7) is 11.5. The molecule has 0 aliphatic carbocycles. The van der Waals surface area contributed by atoms with Crippen LogP contribution in [0.5, 0.6) is 0 Å². The molecule has 0 aromatic carbocycles. The van der Waals surface area contributed by atoms with Crippen LogP contribution in [0.1, 0.15) is 27.2 Å². The molecule has 2 atom stereocenters. The molecule has 1 N–H and O–H groups in total. The molecule has 1 heterocycles. The average molecular weight is 282 g/mol. The van der Waals surface area contributed by atoms with Gasteiger partial charge in [-0.2, -0.15) is 0 Å². The molecular formula is C14H18O6. The summed E-state index contributed by atoms with van der Waals surface area (Å²) in [5.74, 6) is -3.33. The van der Waals surface area contributed by atoms with Gasteiger partial charge in [-0.05, 0) is 27.2 Å². The molecular weight excluding hydrogens is 264 g/mol. The van der Waals surface area contributed by atoms with E-state index in [0.717, 1.165) is 0 Å². The summed E-state index contributed by atoms with van der Waals surface area (Å²) < 4.78 is 10.4. The highest BCUT2D eigenvalue weighted by atomic mass is 16.6. The second-order valence-electron chi connectivity index (χ2n) is 5.35. The van der Waals surface area contributed by atoms with Gasteiger partial charge in [0.05, 0.1) is 0 Å². The summed E-state index contributed by atoms with van der Waals surface area (Å²) in [5, 5.41) is 8.84. The third-order valence-electron chi connectivity index (χ3n) is 3.07. The Bertz CT molecular complexity index is 488. The molecule has 0 amide bonds. The van der Waals surface area contributed by atoms with Crippen molar-refractivity contribution < 1.29 is 29.0 Å². The lowest BCUT2D eigenvalue weighted by molar-refractivity contribution is -0.157. The second kappa shape index (κ2) is 5.48. The van der Waals surface area contributed by atoms with Gasteiger partial charge in [-0.25, -0.2) is 9.59 Å². The van der Waals surface area contributed by atoms with Crippen molar-refractivity contribution in [2.24, 2.45) is 5.92 Å². The van der Waals surface area contributed by atoms with Crippen molar-refractivity contribution in [1.29, 1.82) is 0 Å². The highest BCUT2D eigenvalue weighted by Gasteiger charge is 2.52. The Hall–Kier alpha value is -2.11. The van der Waals surface area contributed by atoms with Gasteiger partial charge in [0.2, 0.25) is 0 Å². The van der Waals surface area contributed by atoms with Gasteiger partial charge in [-0.15, -0.1) is 0 Å². The summed E-state index contributed by atoms with van der Waals surface area (Å²) in [4.78, 5) is 34.3. The zero-order valence-electron chi connectivity index (χ0n) is 11.8. The minimum atomic E-state index is -1.20. The minimum absolute atomic E-state index is 0.133. The van der Waals surface area contributed by atoms with Crippen LogP contribution in [0, 0.1) is 5.92 Å². The monoisotopic (exact) mass is 282 g/mol. The van der Waals surface area contributed by atoms with Crippen LogP contribution in [-0.2, 0) is 23.9 Å². The Morgan fingerprint density at radius 2 is 1.95 bits per heavy atom. The molecule has 110 valence electrons. The number of esters is 2. The standard InChI is InChI=1S/C14H18O6/c1-7(2)12(17)19-10-9(6-8(3)11(15)16)13(18)20-14(10,4)5/h9-10H,1,3,6H2,2,4-5H3,(H,15,16). The van der Waals surface area contributed by atoms with Crippen molar-refractivity contribution in [3.05, 3.63) is 24.3 Å². The van der Waals surface area contributed by atoms with E-state index in [9.17, 15) is 14.4 Å². The Kier molecular flexibility index (Phi) is 4.37. The summed E-state index contributed by atoms with van der Waals surface area (Å²) in [5.41, 5.74) is -0.969. The Morgan fingerprint density at radius 1 is 1.40 bits per heavy atom. The predicted molar refractivity (Wildman–Crippen MR) is 69.7 cm³/mol. The Labute approximate surface area is 117 Å². The van der Waals surface area contributed by atoms with Crippen molar-refractivity contribution in [2.45, 2.75) is 38.9 Å². The number of carboxylic acid groups (broad SMARTS) is 1. The van der Waals surface area contributed by atoms with E-state index in [2.05, 4.69) is 13.2 Å². The van der Waals surface area contributed by atoms with Crippen molar-refractivity contribution in [3.8, 4) is 0 Å². The van der Waals surface area contributed by atoms with Gasteiger partial charge in [0, 0.05) is 11.1 Å². The molecule has 0 spiro atoms. The summed E-state index contributed by atoms with van der Waals surface area (Å²) in [7, 11) is 0. The molecule has 0 saturated carbocycles. The number of aliphatic carboxylic acids is 1. The molecule has 0 aromatic rings. The van der Waals surface area contributed by atoms with Gasteiger partial charge < -0.3 is 14.6 Å². The third kappa shape index (κ3) is 3.26. The molecule has 0 radical (unpaired) electrons. The molecule has 6 heteroatoms. The maximum Gasteiger partial charge on any atom is 0.333 e. The van der Waals surface area contributed by atoms with Crippen molar-refractivity contribution >= 4 is 17.9 Å². The fourth-order valence-electron chi connectivity index (χ4n) is 1.98. The third-order valence-corrected chi connectivity index (χ3v) is 3.07. The molecule has 1 rings (SSSR count). The zero-order valence-corrected chi connectivity index (χ0v) is 11.8. The topological polar surface area (TPSA) is 89.9 Å². The summed E-state index contributed by atoms with van der Waals surface area (Å²) in [6.07, 6.45) is -1.01. The fourth-order valence-corrected chi connectivity index (χ4v) is 1.98. The molecule has 20 heavy (non-hydrogen) atoms. The molecule has 0 aromatic heterocycles. The number of carbonyl (C=O) groups excluding carboxylic acids is 2. The average Bonchev–Trinajstić information content (AvgIpc) is 2.50. The van der Waals surface area contributed by atoms with E-state index in [0.29, 0.717) is 0 Å². The molecule has 1 aliphatic rings. The van der Waals surface area contributed by atoms with Crippen molar-refractivity contribution in [2.75, 3.05) is 0 Å². The van der Waals surface area contributed by atoms with Crippen LogP contribution < -0.4 is 0 Å². The van der Waals surface area contributed by atoms with Crippen LogP contribution >= 0.6 is 0 Å². The van der Waals surface area contributed by atoms with E-state index in [-0.39, 0.29) is 17.6 Å². The van der Waals surface area contributed by atoms with E-state index in [1.54, 1.807) is 13.8 Å². The molecule has 1 fully saturated rings.